The van der Waals surface area contributed by atoms with Gasteiger partial charge in [-0.15, -0.1) is 0 Å². The van der Waals surface area contributed by atoms with Gasteiger partial charge in [0.1, 0.15) is 6.04 Å². The Kier molecular flexibility index (Phi) is 3.34. The van der Waals surface area contributed by atoms with Gasteiger partial charge >= 0.3 is 5.97 Å². The van der Waals surface area contributed by atoms with E-state index in [0.29, 0.717) is 13.0 Å². The summed E-state index contributed by atoms with van der Waals surface area (Å²) in [7, 11) is 0. The van der Waals surface area contributed by atoms with Crippen molar-refractivity contribution in [3.8, 4) is 0 Å². The molecule has 1 aliphatic carbocycles. The summed E-state index contributed by atoms with van der Waals surface area (Å²) in [5.41, 5.74) is 2.17. The minimum atomic E-state index is -0.926. The van der Waals surface area contributed by atoms with E-state index in [2.05, 4.69) is 10.6 Å². The summed E-state index contributed by atoms with van der Waals surface area (Å²) in [4.78, 5) is 23.4. The second-order valence-corrected chi connectivity index (χ2v) is 5.60. The molecule has 1 fully saturated rings. The van der Waals surface area contributed by atoms with E-state index in [-0.39, 0.29) is 17.7 Å². The Morgan fingerprint density at radius 1 is 1.30 bits per heavy atom. The van der Waals surface area contributed by atoms with Crippen LogP contribution in [-0.2, 0) is 16.0 Å². The molecule has 1 aromatic rings. The average Bonchev–Trinajstić information content (AvgIpc) is 3.28. The van der Waals surface area contributed by atoms with Gasteiger partial charge in [0, 0.05) is 12.2 Å². The second kappa shape index (κ2) is 5.15. The lowest BCUT2D eigenvalue weighted by molar-refractivity contribution is -0.143. The molecule has 5 nitrogen and oxygen atoms in total. The van der Waals surface area contributed by atoms with E-state index in [4.69, 9.17) is 5.11 Å². The van der Waals surface area contributed by atoms with Gasteiger partial charge in [0.15, 0.2) is 0 Å². The molecule has 2 aliphatic rings. The Labute approximate surface area is 117 Å². The van der Waals surface area contributed by atoms with E-state index >= 15 is 0 Å². The Morgan fingerprint density at radius 3 is 2.75 bits per heavy atom. The maximum Gasteiger partial charge on any atom is 0.326 e. The molecule has 2 atom stereocenters. The fraction of sp³-hybridized carbons (Fsp3) is 0.467. The van der Waals surface area contributed by atoms with Crippen LogP contribution in [0.3, 0.4) is 0 Å². The van der Waals surface area contributed by atoms with Crippen LogP contribution in [0.1, 0.15) is 18.4 Å². The SMILES string of the molecule is O=C(NC(C(=O)O)C1CC1)C1CNc2ccccc2C1. The number of carbonyl (C=O) groups excluding carboxylic acids is 1. The van der Waals surface area contributed by atoms with Crippen molar-refractivity contribution in [3.05, 3.63) is 29.8 Å². The molecule has 106 valence electrons. The van der Waals surface area contributed by atoms with Crippen LogP contribution in [0, 0.1) is 11.8 Å². The fourth-order valence-corrected chi connectivity index (χ4v) is 2.71. The largest absolute Gasteiger partial charge is 0.480 e. The molecule has 3 N–H and O–H groups in total. The third-order valence-corrected chi connectivity index (χ3v) is 4.05. The Morgan fingerprint density at radius 2 is 2.05 bits per heavy atom. The number of carboxylic acids is 1. The zero-order valence-electron chi connectivity index (χ0n) is 11.1. The van der Waals surface area contributed by atoms with E-state index in [1.807, 2.05) is 24.3 Å². The van der Waals surface area contributed by atoms with Crippen molar-refractivity contribution in [3.63, 3.8) is 0 Å². The molecule has 0 radical (unpaired) electrons. The average molecular weight is 274 g/mol. The lowest BCUT2D eigenvalue weighted by Crippen LogP contribution is -2.47. The van der Waals surface area contributed by atoms with Crippen LogP contribution in [0.15, 0.2) is 24.3 Å². The van der Waals surface area contributed by atoms with Crippen molar-refractivity contribution >= 4 is 17.6 Å². The second-order valence-electron chi connectivity index (χ2n) is 5.60. The Balaban J connectivity index is 1.65. The molecule has 5 heteroatoms. The molecule has 0 spiro atoms. The van der Waals surface area contributed by atoms with Crippen LogP contribution in [0.4, 0.5) is 5.69 Å². The standard InChI is InChI=1S/C15H18N2O3/c18-14(17-13(15(19)20)9-5-6-9)11-7-10-3-1-2-4-12(10)16-8-11/h1-4,9,11,13,16H,5-8H2,(H,17,18)(H,19,20). The van der Waals surface area contributed by atoms with Crippen LogP contribution in [0.2, 0.25) is 0 Å². The van der Waals surface area contributed by atoms with Gasteiger partial charge in [0.05, 0.1) is 5.92 Å². The first-order valence-corrected chi connectivity index (χ1v) is 7.00. The molecule has 0 saturated heterocycles. The molecule has 0 aromatic heterocycles. The first-order chi connectivity index (χ1) is 9.65. The van der Waals surface area contributed by atoms with E-state index in [9.17, 15) is 9.59 Å². The highest BCUT2D eigenvalue weighted by molar-refractivity contribution is 5.86. The third kappa shape index (κ3) is 2.61. The van der Waals surface area contributed by atoms with Crippen molar-refractivity contribution < 1.29 is 14.7 Å². The summed E-state index contributed by atoms with van der Waals surface area (Å²) in [6, 6.07) is 7.18. The van der Waals surface area contributed by atoms with Crippen molar-refractivity contribution in [1.29, 1.82) is 0 Å². The lowest BCUT2D eigenvalue weighted by Gasteiger charge is -2.26. The molecule has 0 bridgehead atoms. The number of amides is 1. The quantitative estimate of drug-likeness (QED) is 0.772. The predicted molar refractivity (Wildman–Crippen MR) is 74.4 cm³/mol. The zero-order chi connectivity index (χ0) is 14.1. The minimum absolute atomic E-state index is 0.111. The molecule has 3 rings (SSSR count). The zero-order valence-corrected chi connectivity index (χ0v) is 11.1. The number of nitrogens with one attached hydrogen (secondary N) is 2. The highest BCUT2D eigenvalue weighted by Crippen LogP contribution is 2.33. The molecular formula is C15H18N2O3. The lowest BCUT2D eigenvalue weighted by atomic mass is 9.93. The van der Waals surface area contributed by atoms with Crippen LogP contribution in [0.25, 0.3) is 0 Å². The smallest absolute Gasteiger partial charge is 0.326 e. The Hall–Kier alpha value is -2.04. The number of anilines is 1. The van der Waals surface area contributed by atoms with Crippen LogP contribution >= 0.6 is 0 Å². The Bertz CT molecular complexity index is 540. The third-order valence-electron chi connectivity index (χ3n) is 4.05. The summed E-state index contributed by atoms with van der Waals surface area (Å²) in [5, 5.41) is 15.1. The van der Waals surface area contributed by atoms with Gasteiger partial charge in [-0.3, -0.25) is 4.79 Å². The predicted octanol–water partition coefficient (Wildman–Crippen LogP) is 1.25. The number of fused-ring (bicyclic) bond motifs is 1. The number of benzene rings is 1. The van der Waals surface area contributed by atoms with Crippen LogP contribution in [-0.4, -0.2) is 29.6 Å². The molecule has 1 aromatic carbocycles. The summed E-state index contributed by atoms with van der Waals surface area (Å²) in [5.74, 6) is -1.18. The van der Waals surface area contributed by atoms with Crippen molar-refractivity contribution in [2.45, 2.75) is 25.3 Å². The van der Waals surface area contributed by atoms with Gasteiger partial charge in [-0.2, -0.15) is 0 Å². The van der Waals surface area contributed by atoms with Crippen LogP contribution < -0.4 is 10.6 Å². The maximum absolute atomic E-state index is 12.2. The van der Waals surface area contributed by atoms with Crippen molar-refractivity contribution in [2.24, 2.45) is 11.8 Å². The maximum atomic E-state index is 12.2. The summed E-state index contributed by atoms with van der Waals surface area (Å²) >= 11 is 0. The summed E-state index contributed by atoms with van der Waals surface area (Å²) in [6.45, 7) is 0.555. The molecule has 20 heavy (non-hydrogen) atoms. The summed E-state index contributed by atoms with van der Waals surface area (Å²) in [6.07, 6.45) is 2.44. The normalized spacial score (nSPS) is 22.3. The highest BCUT2D eigenvalue weighted by Gasteiger charge is 2.38. The van der Waals surface area contributed by atoms with Gasteiger partial charge in [0.25, 0.3) is 0 Å². The molecule has 1 heterocycles. The molecule has 1 saturated carbocycles. The number of aliphatic carboxylic acids is 1. The number of para-hydroxylation sites is 1. The number of carboxylic acid groups (broad SMARTS) is 1. The van der Waals surface area contributed by atoms with Crippen LogP contribution in [0.5, 0.6) is 0 Å². The molecule has 1 aliphatic heterocycles. The number of hydrogen-bond acceptors (Lipinski definition) is 3. The summed E-state index contributed by atoms with van der Waals surface area (Å²) < 4.78 is 0. The van der Waals surface area contributed by atoms with E-state index < -0.39 is 12.0 Å². The number of rotatable bonds is 4. The molecular weight excluding hydrogens is 256 g/mol. The fourth-order valence-electron chi connectivity index (χ4n) is 2.71. The first-order valence-electron chi connectivity index (χ1n) is 7.00. The van der Waals surface area contributed by atoms with Gasteiger partial charge < -0.3 is 15.7 Å². The van der Waals surface area contributed by atoms with Gasteiger partial charge in [0.2, 0.25) is 5.91 Å². The van der Waals surface area contributed by atoms with E-state index in [1.165, 1.54) is 0 Å². The van der Waals surface area contributed by atoms with Crippen molar-refractivity contribution in [1.82, 2.24) is 5.32 Å². The number of hydrogen-bond donors (Lipinski definition) is 3. The van der Waals surface area contributed by atoms with Gasteiger partial charge in [-0.1, -0.05) is 18.2 Å². The van der Waals surface area contributed by atoms with Gasteiger partial charge in [-0.25, -0.2) is 4.79 Å². The minimum Gasteiger partial charge on any atom is -0.480 e. The molecule has 1 amide bonds. The first kappa shape index (κ1) is 13.0. The highest BCUT2D eigenvalue weighted by atomic mass is 16.4. The van der Waals surface area contributed by atoms with Gasteiger partial charge in [-0.05, 0) is 36.8 Å². The molecule has 2 unspecified atom stereocenters. The monoisotopic (exact) mass is 274 g/mol. The van der Waals surface area contributed by atoms with Crippen molar-refractivity contribution in [2.75, 3.05) is 11.9 Å². The number of carbonyl (C=O) groups is 2. The van der Waals surface area contributed by atoms with E-state index in [1.54, 1.807) is 0 Å². The van der Waals surface area contributed by atoms with E-state index in [0.717, 1.165) is 24.1 Å². The topological polar surface area (TPSA) is 78.4 Å².